The number of likely N-dealkylation sites (N-methyl/N-ethyl adjacent to an activating group) is 1. The summed E-state index contributed by atoms with van der Waals surface area (Å²) in [5.74, 6) is 0.974. The van der Waals surface area contributed by atoms with Gasteiger partial charge in [0.1, 0.15) is 0 Å². The summed E-state index contributed by atoms with van der Waals surface area (Å²) in [7, 11) is 4.27. The average molecular weight is 236 g/mol. The van der Waals surface area contributed by atoms with Crippen molar-refractivity contribution in [3.05, 3.63) is 11.9 Å². The fourth-order valence-electron chi connectivity index (χ4n) is 2.65. The lowest BCUT2D eigenvalue weighted by Crippen LogP contribution is -2.33. The van der Waals surface area contributed by atoms with Crippen molar-refractivity contribution in [2.75, 3.05) is 25.5 Å². The van der Waals surface area contributed by atoms with Crippen molar-refractivity contribution < 1.29 is 0 Å². The molecule has 96 valence electrons. The number of hydrogen-bond acceptors (Lipinski definition) is 3. The van der Waals surface area contributed by atoms with Crippen LogP contribution in [0.2, 0.25) is 0 Å². The molecule has 0 bridgehead atoms. The van der Waals surface area contributed by atoms with Crippen molar-refractivity contribution in [2.45, 2.75) is 38.6 Å². The highest BCUT2D eigenvalue weighted by Gasteiger charge is 2.18. The first-order valence-corrected chi connectivity index (χ1v) is 6.61. The van der Waals surface area contributed by atoms with Gasteiger partial charge in [-0.05, 0) is 26.8 Å². The average Bonchev–Trinajstić information content (AvgIpc) is 2.89. The van der Waals surface area contributed by atoms with E-state index in [0.717, 1.165) is 30.8 Å². The van der Waals surface area contributed by atoms with Crippen molar-refractivity contribution in [2.24, 2.45) is 7.05 Å². The van der Waals surface area contributed by atoms with E-state index in [-0.39, 0.29) is 0 Å². The summed E-state index contributed by atoms with van der Waals surface area (Å²) in [4.78, 5) is 6.92. The highest BCUT2D eigenvalue weighted by atomic mass is 15.2. The van der Waals surface area contributed by atoms with Crippen LogP contribution in [0.4, 0.5) is 5.95 Å². The van der Waals surface area contributed by atoms with Gasteiger partial charge in [-0.2, -0.15) is 0 Å². The molecule has 17 heavy (non-hydrogen) atoms. The van der Waals surface area contributed by atoms with Gasteiger partial charge in [0.2, 0.25) is 5.95 Å². The minimum Gasteiger partial charge on any atom is -0.354 e. The summed E-state index contributed by atoms with van der Waals surface area (Å²) in [6.45, 7) is 4.09. The van der Waals surface area contributed by atoms with E-state index in [4.69, 9.17) is 0 Å². The maximum absolute atomic E-state index is 4.44. The third-order valence-corrected chi connectivity index (χ3v) is 3.69. The molecule has 2 rings (SSSR count). The monoisotopic (exact) mass is 236 g/mol. The van der Waals surface area contributed by atoms with Gasteiger partial charge < -0.3 is 14.8 Å². The molecule has 0 saturated heterocycles. The molecule has 1 aromatic heterocycles. The molecule has 1 fully saturated rings. The van der Waals surface area contributed by atoms with Gasteiger partial charge in [-0.25, -0.2) is 4.98 Å². The molecule has 4 nitrogen and oxygen atoms in total. The number of nitrogens with one attached hydrogen (secondary N) is 1. The maximum Gasteiger partial charge on any atom is 0.202 e. The zero-order chi connectivity index (χ0) is 12.3. The predicted octanol–water partition coefficient (Wildman–Crippen LogP) is 2.01. The largest absolute Gasteiger partial charge is 0.354 e. The molecule has 0 aliphatic heterocycles. The van der Waals surface area contributed by atoms with E-state index < -0.39 is 0 Å². The maximum atomic E-state index is 4.44. The second-order valence-electron chi connectivity index (χ2n) is 5.16. The van der Waals surface area contributed by atoms with E-state index in [0.29, 0.717) is 0 Å². The lowest BCUT2D eigenvalue weighted by atomic mass is 10.2. The van der Waals surface area contributed by atoms with Gasteiger partial charge in [0.25, 0.3) is 0 Å². The van der Waals surface area contributed by atoms with Gasteiger partial charge in [0, 0.05) is 32.4 Å². The number of anilines is 1. The van der Waals surface area contributed by atoms with Crippen molar-refractivity contribution >= 4 is 5.95 Å². The standard InChI is InChI=1S/C13H24N4/c1-11-10-17(3)13(15-11)14-8-9-16(2)12-6-4-5-7-12/h10,12H,4-9H2,1-3H3,(H,14,15). The van der Waals surface area contributed by atoms with Crippen molar-refractivity contribution in [3.63, 3.8) is 0 Å². The third kappa shape index (κ3) is 3.22. The van der Waals surface area contributed by atoms with Gasteiger partial charge >= 0.3 is 0 Å². The molecule has 0 atom stereocenters. The quantitative estimate of drug-likeness (QED) is 0.849. The number of imidazole rings is 1. The minimum atomic E-state index is 0.805. The molecule has 1 aliphatic rings. The second-order valence-corrected chi connectivity index (χ2v) is 5.16. The van der Waals surface area contributed by atoms with Crippen molar-refractivity contribution in [1.82, 2.24) is 14.5 Å². The van der Waals surface area contributed by atoms with Gasteiger partial charge in [-0.15, -0.1) is 0 Å². The second kappa shape index (κ2) is 5.54. The summed E-state index contributed by atoms with van der Waals surface area (Å²) in [5.41, 5.74) is 1.07. The van der Waals surface area contributed by atoms with Crippen molar-refractivity contribution in [1.29, 1.82) is 0 Å². The number of rotatable bonds is 5. The van der Waals surface area contributed by atoms with Crippen LogP contribution >= 0.6 is 0 Å². The van der Waals surface area contributed by atoms with Gasteiger partial charge in [-0.3, -0.25) is 0 Å². The smallest absolute Gasteiger partial charge is 0.202 e. The zero-order valence-corrected chi connectivity index (χ0v) is 11.2. The first-order valence-electron chi connectivity index (χ1n) is 6.61. The number of aromatic nitrogens is 2. The molecule has 1 heterocycles. The first-order chi connectivity index (χ1) is 8.16. The Labute approximate surface area is 104 Å². The van der Waals surface area contributed by atoms with Crippen LogP contribution in [-0.4, -0.2) is 40.6 Å². The zero-order valence-electron chi connectivity index (χ0n) is 11.2. The Morgan fingerprint density at radius 1 is 1.47 bits per heavy atom. The molecule has 0 radical (unpaired) electrons. The Bertz CT molecular complexity index is 352. The Kier molecular flexibility index (Phi) is 4.05. The fourth-order valence-corrected chi connectivity index (χ4v) is 2.65. The molecular formula is C13H24N4. The normalized spacial score (nSPS) is 16.9. The Hall–Kier alpha value is -1.03. The molecule has 1 aliphatic carbocycles. The van der Waals surface area contributed by atoms with Crippen LogP contribution in [0.15, 0.2) is 6.20 Å². The van der Waals surface area contributed by atoms with Crippen LogP contribution in [0, 0.1) is 6.92 Å². The molecular weight excluding hydrogens is 212 g/mol. The van der Waals surface area contributed by atoms with Crippen LogP contribution in [0.25, 0.3) is 0 Å². The summed E-state index contributed by atoms with van der Waals surface area (Å²) in [6, 6.07) is 0.805. The SMILES string of the molecule is Cc1cn(C)c(NCCN(C)C2CCCC2)n1. The number of nitrogens with zero attached hydrogens (tertiary/aromatic N) is 3. The minimum absolute atomic E-state index is 0.805. The molecule has 0 spiro atoms. The van der Waals surface area contributed by atoms with E-state index in [9.17, 15) is 0 Å². The molecule has 1 N–H and O–H groups in total. The lowest BCUT2D eigenvalue weighted by molar-refractivity contribution is 0.254. The topological polar surface area (TPSA) is 33.1 Å². The van der Waals surface area contributed by atoms with Gasteiger partial charge in [-0.1, -0.05) is 12.8 Å². The fraction of sp³-hybridized carbons (Fsp3) is 0.769. The molecule has 4 heteroatoms. The molecule has 0 amide bonds. The number of hydrogen-bond donors (Lipinski definition) is 1. The van der Waals surface area contributed by atoms with Crippen LogP contribution in [-0.2, 0) is 7.05 Å². The predicted molar refractivity (Wildman–Crippen MR) is 71.3 cm³/mol. The molecule has 0 unspecified atom stereocenters. The lowest BCUT2D eigenvalue weighted by Gasteiger charge is -2.23. The Morgan fingerprint density at radius 3 is 2.76 bits per heavy atom. The van der Waals surface area contributed by atoms with E-state index in [1.165, 1.54) is 25.7 Å². The molecule has 0 aromatic carbocycles. The Balaban J connectivity index is 1.73. The van der Waals surface area contributed by atoms with E-state index in [2.05, 4.69) is 22.2 Å². The van der Waals surface area contributed by atoms with Crippen LogP contribution in [0.3, 0.4) is 0 Å². The van der Waals surface area contributed by atoms with Crippen LogP contribution in [0.5, 0.6) is 0 Å². The summed E-state index contributed by atoms with van der Waals surface area (Å²) in [5, 5.41) is 3.40. The van der Waals surface area contributed by atoms with E-state index in [1.807, 2.05) is 24.7 Å². The van der Waals surface area contributed by atoms with E-state index >= 15 is 0 Å². The highest BCUT2D eigenvalue weighted by molar-refractivity contribution is 5.28. The van der Waals surface area contributed by atoms with E-state index in [1.54, 1.807) is 0 Å². The highest BCUT2D eigenvalue weighted by Crippen LogP contribution is 2.21. The van der Waals surface area contributed by atoms with Crippen LogP contribution < -0.4 is 5.32 Å². The summed E-state index contributed by atoms with van der Waals surface area (Å²) >= 11 is 0. The van der Waals surface area contributed by atoms with Crippen LogP contribution in [0.1, 0.15) is 31.4 Å². The summed E-state index contributed by atoms with van der Waals surface area (Å²) in [6.07, 6.45) is 7.60. The summed E-state index contributed by atoms with van der Waals surface area (Å²) < 4.78 is 2.05. The molecule has 1 saturated carbocycles. The van der Waals surface area contributed by atoms with Crippen molar-refractivity contribution in [3.8, 4) is 0 Å². The number of aryl methyl sites for hydroxylation is 2. The molecule has 1 aromatic rings. The van der Waals surface area contributed by atoms with Gasteiger partial charge in [0.05, 0.1) is 5.69 Å². The third-order valence-electron chi connectivity index (χ3n) is 3.69. The van der Waals surface area contributed by atoms with Gasteiger partial charge in [0.15, 0.2) is 0 Å². The first kappa shape index (κ1) is 12.4. The Morgan fingerprint density at radius 2 is 2.18 bits per heavy atom.